The molecule has 0 fully saturated rings. The summed E-state index contributed by atoms with van der Waals surface area (Å²) >= 11 is 1.69. The first-order valence-electron chi connectivity index (χ1n) is 6.85. The Kier molecular flexibility index (Phi) is 4.04. The molecule has 1 heterocycles. The van der Waals surface area contributed by atoms with E-state index in [-0.39, 0.29) is 0 Å². The maximum atomic E-state index is 4.30. The van der Waals surface area contributed by atoms with Gasteiger partial charge in [-0.3, -0.25) is 0 Å². The third kappa shape index (κ3) is 2.86. The average molecular weight is 283 g/mol. The molecule has 0 unspecified atom stereocenters. The highest BCUT2D eigenvalue weighted by molar-refractivity contribution is 7.11. The Morgan fingerprint density at radius 3 is 2.70 bits per heavy atom. The fourth-order valence-corrected chi connectivity index (χ4v) is 3.11. The van der Waals surface area contributed by atoms with E-state index in [1.54, 1.807) is 11.3 Å². The molecule has 1 aromatic heterocycles. The van der Waals surface area contributed by atoms with Crippen LogP contribution in [0.5, 0.6) is 0 Å². The first-order valence-corrected chi connectivity index (χ1v) is 7.67. The van der Waals surface area contributed by atoms with Crippen LogP contribution in [0.25, 0.3) is 10.8 Å². The molecule has 0 saturated carbocycles. The normalized spacial score (nSPS) is 11.1. The van der Waals surface area contributed by atoms with Crippen LogP contribution in [0.4, 0.5) is 0 Å². The predicted octanol–water partition coefficient (Wildman–Crippen LogP) is 3.39. The van der Waals surface area contributed by atoms with Crippen LogP contribution in [-0.4, -0.2) is 16.7 Å². The molecule has 2 aromatic carbocycles. The minimum absolute atomic E-state index is 0.809. The summed E-state index contributed by atoms with van der Waals surface area (Å²) in [6, 6.07) is 14.9. The average Bonchev–Trinajstić information content (AvgIpc) is 2.93. The fourth-order valence-electron chi connectivity index (χ4n) is 2.27. The van der Waals surface area contributed by atoms with Crippen LogP contribution in [0.2, 0.25) is 0 Å². The van der Waals surface area contributed by atoms with Gasteiger partial charge in [0.05, 0.1) is 0 Å². The number of nitrogens with one attached hydrogen (secondary N) is 1. The van der Waals surface area contributed by atoms with Gasteiger partial charge in [-0.2, -0.15) is 0 Å². The van der Waals surface area contributed by atoms with E-state index in [0.29, 0.717) is 0 Å². The fraction of sp³-hybridized carbons (Fsp3) is 0.250. The SMILES string of the molecule is CCNCc1nnc(Cc2cccc3ccccc23)s1. The number of hydrogen-bond donors (Lipinski definition) is 1. The Morgan fingerprint density at radius 2 is 1.80 bits per heavy atom. The summed E-state index contributed by atoms with van der Waals surface area (Å²) in [6.45, 7) is 3.86. The van der Waals surface area contributed by atoms with Gasteiger partial charge in [0.1, 0.15) is 10.0 Å². The van der Waals surface area contributed by atoms with Crippen LogP contribution < -0.4 is 5.32 Å². The van der Waals surface area contributed by atoms with Crippen molar-refractivity contribution in [2.45, 2.75) is 19.9 Å². The molecule has 20 heavy (non-hydrogen) atoms. The molecule has 0 radical (unpaired) electrons. The molecule has 3 rings (SSSR count). The largest absolute Gasteiger partial charge is 0.311 e. The smallest absolute Gasteiger partial charge is 0.131 e. The Hall–Kier alpha value is -1.78. The van der Waals surface area contributed by atoms with Gasteiger partial charge in [-0.15, -0.1) is 10.2 Å². The summed E-state index contributed by atoms with van der Waals surface area (Å²) in [7, 11) is 0. The lowest BCUT2D eigenvalue weighted by molar-refractivity contribution is 0.714. The van der Waals surface area contributed by atoms with Crippen molar-refractivity contribution >= 4 is 22.1 Å². The van der Waals surface area contributed by atoms with E-state index >= 15 is 0 Å². The summed E-state index contributed by atoms with van der Waals surface area (Å²) in [6.07, 6.45) is 0.852. The first kappa shape index (κ1) is 13.2. The monoisotopic (exact) mass is 283 g/mol. The molecule has 0 amide bonds. The highest BCUT2D eigenvalue weighted by atomic mass is 32.1. The summed E-state index contributed by atoms with van der Waals surface area (Å²) in [5, 5.41) is 16.5. The summed E-state index contributed by atoms with van der Waals surface area (Å²) in [5.74, 6) is 0. The van der Waals surface area contributed by atoms with E-state index in [1.165, 1.54) is 16.3 Å². The molecular formula is C16H17N3S. The number of fused-ring (bicyclic) bond motifs is 1. The number of aromatic nitrogens is 2. The van der Waals surface area contributed by atoms with E-state index in [2.05, 4.69) is 64.9 Å². The Labute approximate surface area is 122 Å². The van der Waals surface area contributed by atoms with Gasteiger partial charge in [0.2, 0.25) is 0 Å². The molecule has 0 atom stereocenters. The van der Waals surface area contributed by atoms with Gasteiger partial charge in [0.15, 0.2) is 0 Å². The van der Waals surface area contributed by atoms with Crippen molar-refractivity contribution in [3.63, 3.8) is 0 Å². The lowest BCUT2D eigenvalue weighted by atomic mass is 10.0. The minimum Gasteiger partial charge on any atom is -0.311 e. The lowest BCUT2D eigenvalue weighted by Gasteiger charge is -2.04. The molecule has 4 heteroatoms. The van der Waals surface area contributed by atoms with Crippen LogP contribution in [0.15, 0.2) is 42.5 Å². The van der Waals surface area contributed by atoms with Gasteiger partial charge in [-0.05, 0) is 22.9 Å². The summed E-state index contributed by atoms with van der Waals surface area (Å²) < 4.78 is 0. The van der Waals surface area contributed by atoms with Crippen LogP contribution in [-0.2, 0) is 13.0 Å². The van der Waals surface area contributed by atoms with Crippen LogP contribution in [0, 0.1) is 0 Å². The number of rotatable bonds is 5. The van der Waals surface area contributed by atoms with Crippen molar-refractivity contribution in [1.29, 1.82) is 0 Å². The van der Waals surface area contributed by atoms with Gasteiger partial charge in [0.25, 0.3) is 0 Å². The Balaban J connectivity index is 1.84. The Bertz CT molecular complexity index is 700. The zero-order chi connectivity index (χ0) is 13.8. The molecule has 0 aliphatic heterocycles. The second kappa shape index (κ2) is 6.11. The van der Waals surface area contributed by atoms with Gasteiger partial charge >= 0.3 is 0 Å². The zero-order valence-electron chi connectivity index (χ0n) is 11.5. The number of nitrogens with zero attached hydrogens (tertiary/aromatic N) is 2. The molecular weight excluding hydrogens is 266 g/mol. The van der Waals surface area contributed by atoms with Crippen molar-refractivity contribution < 1.29 is 0 Å². The first-order chi connectivity index (χ1) is 9.86. The zero-order valence-corrected chi connectivity index (χ0v) is 12.3. The highest BCUT2D eigenvalue weighted by Gasteiger charge is 2.07. The maximum absolute atomic E-state index is 4.30. The summed E-state index contributed by atoms with van der Waals surface area (Å²) in [5.41, 5.74) is 1.31. The molecule has 0 bridgehead atoms. The standard InChI is InChI=1S/C16H17N3S/c1-2-17-11-16-19-18-15(20-16)10-13-8-5-7-12-6-3-4-9-14(12)13/h3-9,17H,2,10-11H2,1H3. The molecule has 1 N–H and O–H groups in total. The van der Waals surface area contributed by atoms with E-state index in [4.69, 9.17) is 0 Å². The van der Waals surface area contributed by atoms with E-state index in [1.807, 2.05) is 0 Å². The van der Waals surface area contributed by atoms with E-state index in [9.17, 15) is 0 Å². The predicted molar refractivity (Wildman–Crippen MR) is 84.0 cm³/mol. The maximum Gasteiger partial charge on any atom is 0.131 e. The molecule has 102 valence electrons. The van der Waals surface area contributed by atoms with Gasteiger partial charge in [-0.1, -0.05) is 60.7 Å². The number of benzene rings is 2. The molecule has 0 saturated heterocycles. The van der Waals surface area contributed by atoms with Gasteiger partial charge in [0, 0.05) is 13.0 Å². The van der Waals surface area contributed by atoms with Gasteiger partial charge in [-0.25, -0.2) is 0 Å². The van der Waals surface area contributed by atoms with Gasteiger partial charge < -0.3 is 5.32 Å². The number of hydrogen-bond acceptors (Lipinski definition) is 4. The van der Waals surface area contributed by atoms with Crippen LogP contribution >= 0.6 is 11.3 Å². The van der Waals surface area contributed by atoms with E-state index in [0.717, 1.165) is 29.5 Å². The van der Waals surface area contributed by atoms with Crippen LogP contribution in [0.1, 0.15) is 22.5 Å². The molecule has 0 aliphatic rings. The van der Waals surface area contributed by atoms with Crippen molar-refractivity contribution in [3.8, 4) is 0 Å². The highest BCUT2D eigenvalue weighted by Crippen LogP contribution is 2.22. The minimum atomic E-state index is 0.809. The third-order valence-electron chi connectivity index (χ3n) is 3.26. The molecule has 3 nitrogen and oxygen atoms in total. The summed E-state index contributed by atoms with van der Waals surface area (Å²) in [4.78, 5) is 0. The lowest BCUT2D eigenvalue weighted by Crippen LogP contribution is -2.11. The quantitative estimate of drug-likeness (QED) is 0.780. The second-order valence-corrected chi connectivity index (χ2v) is 5.83. The second-order valence-electron chi connectivity index (χ2n) is 4.68. The van der Waals surface area contributed by atoms with E-state index < -0.39 is 0 Å². The topological polar surface area (TPSA) is 37.8 Å². The van der Waals surface area contributed by atoms with Crippen molar-refractivity contribution in [2.75, 3.05) is 6.54 Å². The third-order valence-corrected chi connectivity index (χ3v) is 4.18. The molecule has 0 aliphatic carbocycles. The molecule has 3 aromatic rings. The Morgan fingerprint density at radius 1 is 1.00 bits per heavy atom. The van der Waals surface area contributed by atoms with Crippen LogP contribution in [0.3, 0.4) is 0 Å². The van der Waals surface area contributed by atoms with Crippen molar-refractivity contribution in [3.05, 3.63) is 58.0 Å². The van der Waals surface area contributed by atoms with Crippen molar-refractivity contribution in [1.82, 2.24) is 15.5 Å². The van der Waals surface area contributed by atoms with Crippen molar-refractivity contribution in [2.24, 2.45) is 0 Å². The molecule has 0 spiro atoms.